The number of nitrogens with zero attached hydrogens (tertiary/aromatic N) is 2. The van der Waals surface area contributed by atoms with Gasteiger partial charge in [0.15, 0.2) is 5.16 Å². The molecule has 1 amide bonds. The quantitative estimate of drug-likeness (QED) is 0.285. The topological polar surface area (TPSA) is 46.9 Å². The Labute approximate surface area is 190 Å². The molecule has 0 saturated heterocycles. The number of carbonyl (C=O) groups is 1. The Morgan fingerprint density at radius 2 is 1.65 bits per heavy atom. The Morgan fingerprint density at radius 3 is 2.26 bits per heavy atom. The van der Waals surface area contributed by atoms with Crippen molar-refractivity contribution in [2.45, 2.75) is 51.7 Å². The minimum absolute atomic E-state index is 0.0451. The van der Waals surface area contributed by atoms with Gasteiger partial charge in [0.2, 0.25) is 5.91 Å². The lowest BCUT2D eigenvalue weighted by Crippen LogP contribution is -2.28. The molecular formula is C26H33N3OS. The minimum atomic E-state index is 0.0451. The van der Waals surface area contributed by atoms with E-state index < -0.39 is 0 Å². The number of hydrogen-bond acceptors (Lipinski definition) is 3. The van der Waals surface area contributed by atoms with Gasteiger partial charge in [-0.2, -0.15) is 0 Å². The zero-order valence-electron chi connectivity index (χ0n) is 18.8. The predicted molar refractivity (Wildman–Crippen MR) is 131 cm³/mol. The SMILES string of the molecule is CCCn1c(SCCCCNC(=O)C(C)C)nc(-c2ccccc2)c1-c1ccccc1. The number of rotatable bonds is 11. The second-order valence-corrected chi connectivity index (χ2v) is 9.04. The van der Waals surface area contributed by atoms with Gasteiger partial charge in [0.25, 0.3) is 0 Å². The van der Waals surface area contributed by atoms with Crippen molar-refractivity contribution in [1.29, 1.82) is 0 Å². The summed E-state index contributed by atoms with van der Waals surface area (Å²) in [6.07, 6.45) is 3.08. The number of hydrogen-bond donors (Lipinski definition) is 1. The average molecular weight is 436 g/mol. The molecule has 0 spiro atoms. The van der Waals surface area contributed by atoms with E-state index in [4.69, 9.17) is 4.98 Å². The average Bonchev–Trinajstić information content (AvgIpc) is 3.15. The van der Waals surface area contributed by atoms with Gasteiger partial charge < -0.3 is 9.88 Å². The van der Waals surface area contributed by atoms with Gasteiger partial charge in [0, 0.05) is 35.9 Å². The van der Waals surface area contributed by atoms with Crippen LogP contribution in [0.5, 0.6) is 0 Å². The Hall–Kier alpha value is -2.53. The number of carbonyl (C=O) groups excluding carboxylic acids is 1. The van der Waals surface area contributed by atoms with Crippen LogP contribution in [0.4, 0.5) is 0 Å². The maximum absolute atomic E-state index is 11.7. The molecule has 0 radical (unpaired) electrons. The summed E-state index contributed by atoms with van der Waals surface area (Å²) < 4.78 is 2.38. The first-order valence-corrected chi connectivity index (χ1v) is 12.2. The van der Waals surface area contributed by atoms with Gasteiger partial charge in [-0.15, -0.1) is 0 Å². The van der Waals surface area contributed by atoms with Gasteiger partial charge in [-0.25, -0.2) is 4.98 Å². The van der Waals surface area contributed by atoms with E-state index in [9.17, 15) is 4.79 Å². The number of imidazole rings is 1. The molecule has 164 valence electrons. The molecule has 0 aliphatic rings. The van der Waals surface area contributed by atoms with Gasteiger partial charge >= 0.3 is 0 Å². The Kier molecular flexibility index (Phi) is 8.77. The van der Waals surface area contributed by atoms with Crippen LogP contribution in [0, 0.1) is 5.92 Å². The lowest BCUT2D eigenvalue weighted by molar-refractivity contribution is -0.123. The van der Waals surface area contributed by atoms with Crippen LogP contribution >= 0.6 is 11.8 Å². The van der Waals surface area contributed by atoms with Crippen LogP contribution in [0.15, 0.2) is 65.8 Å². The van der Waals surface area contributed by atoms with Crippen LogP contribution in [0.3, 0.4) is 0 Å². The summed E-state index contributed by atoms with van der Waals surface area (Å²) in [7, 11) is 0. The summed E-state index contributed by atoms with van der Waals surface area (Å²) in [5, 5.41) is 4.07. The highest BCUT2D eigenvalue weighted by molar-refractivity contribution is 7.99. The van der Waals surface area contributed by atoms with E-state index in [1.54, 1.807) is 0 Å². The van der Waals surface area contributed by atoms with Crippen molar-refractivity contribution in [3.63, 3.8) is 0 Å². The van der Waals surface area contributed by atoms with E-state index in [2.05, 4.69) is 71.4 Å². The van der Waals surface area contributed by atoms with E-state index >= 15 is 0 Å². The first kappa shape index (κ1) is 23.1. The van der Waals surface area contributed by atoms with Crippen molar-refractivity contribution in [2.75, 3.05) is 12.3 Å². The molecule has 0 aliphatic carbocycles. The van der Waals surface area contributed by atoms with Gasteiger partial charge in [-0.05, 0) is 19.3 Å². The Balaban J connectivity index is 1.79. The number of nitrogens with one attached hydrogen (secondary N) is 1. The van der Waals surface area contributed by atoms with Gasteiger partial charge in [-0.3, -0.25) is 4.79 Å². The molecule has 0 unspecified atom stereocenters. The number of amides is 1. The summed E-state index contributed by atoms with van der Waals surface area (Å²) in [6, 6.07) is 21.0. The van der Waals surface area contributed by atoms with E-state index in [0.29, 0.717) is 0 Å². The molecule has 0 aliphatic heterocycles. The number of thioether (sulfide) groups is 1. The molecule has 0 atom stereocenters. The van der Waals surface area contributed by atoms with E-state index in [1.807, 2.05) is 31.7 Å². The Bertz CT molecular complexity index is 952. The number of unbranched alkanes of at least 4 members (excludes halogenated alkanes) is 1. The van der Waals surface area contributed by atoms with Crippen LogP contribution in [-0.2, 0) is 11.3 Å². The third kappa shape index (κ3) is 6.23. The molecule has 0 fully saturated rings. The van der Waals surface area contributed by atoms with Crippen LogP contribution < -0.4 is 5.32 Å². The zero-order valence-corrected chi connectivity index (χ0v) is 19.6. The molecule has 31 heavy (non-hydrogen) atoms. The first-order chi connectivity index (χ1) is 15.1. The zero-order chi connectivity index (χ0) is 22.1. The van der Waals surface area contributed by atoms with Gasteiger partial charge in [0.1, 0.15) is 0 Å². The van der Waals surface area contributed by atoms with Crippen molar-refractivity contribution in [2.24, 2.45) is 5.92 Å². The number of benzene rings is 2. The summed E-state index contributed by atoms with van der Waals surface area (Å²) in [4.78, 5) is 16.8. The highest BCUT2D eigenvalue weighted by Crippen LogP contribution is 2.36. The van der Waals surface area contributed by atoms with E-state index in [1.165, 1.54) is 11.3 Å². The predicted octanol–water partition coefficient (Wildman–Crippen LogP) is 6.27. The summed E-state index contributed by atoms with van der Waals surface area (Å²) >= 11 is 1.82. The van der Waals surface area contributed by atoms with E-state index in [-0.39, 0.29) is 11.8 Å². The fourth-order valence-corrected chi connectivity index (χ4v) is 4.49. The summed E-state index contributed by atoms with van der Waals surface area (Å²) in [5.41, 5.74) is 4.59. The third-order valence-electron chi connectivity index (χ3n) is 5.10. The highest BCUT2D eigenvalue weighted by atomic mass is 32.2. The molecule has 4 nitrogen and oxygen atoms in total. The smallest absolute Gasteiger partial charge is 0.222 e. The molecule has 0 saturated carbocycles. The minimum Gasteiger partial charge on any atom is -0.356 e. The molecule has 3 aromatic rings. The molecule has 0 bridgehead atoms. The van der Waals surface area contributed by atoms with Crippen molar-refractivity contribution < 1.29 is 4.79 Å². The monoisotopic (exact) mass is 435 g/mol. The molecule has 3 rings (SSSR count). The molecule has 1 N–H and O–H groups in total. The lowest BCUT2D eigenvalue weighted by Gasteiger charge is -2.12. The summed E-state index contributed by atoms with van der Waals surface area (Å²) in [6.45, 7) is 7.74. The normalized spacial score (nSPS) is 11.1. The fraction of sp³-hybridized carbons (Fsp3) is 0.385. The van der Waals surface area contributed by atoms with Crippen LogP contribution in [0.25, 0.3) is 22.5 Å². The van der Waals surface area contributed by atoms with Crippen molar-refractivity contribution in [1.82, 2.24) is 14.9 Å². The Morgan fingerprint density at radius 1 is 1.00 bits per heavy atom. The fourth-order valence-electron chi connectivity index (χ4n) is 3.47. The summed E-state index contributed by atoms with van der Waals surface area (Å²) in [5.74, 6) is 1.16. The van der Waals surface area contributed by atoms with Gasteiger partial charge in [-0.1, -0.05) is 93.2 Å². The first-order valence-electron chi connectivity index (χ1n) is 11.2. The van der Waals surface area contributed by atoms with E-state index in [0.717, 1.165) is 54.5 Å². The lowest BCUT2D eigenvalue weighted by atomic mass is 10.0. The second kappa shape index (κ2) is 11.8. The standard InChI is InChI=1S/C26H33N3OS/c1-4-18-29-24(22-15-9-6-10-16-22)23(21-13-7-5-8-14-21)28-26(29)31-19-12-11-17-27-25(30)20(2)3/h5-10,13-16,20H,4,11-12,17-19H2,1-3H3,(H,27,30). The molecule has 1 aromatic heterocycles. The maximum atomic E-state index is 11.7. The molecule has 1 heterocycles. The third-order valence-corrected chi connectivity index (χ3v) is 6.16. The second-order valence-electron chi connectivity index (χ2n) is 7.98. The van der Waals surface area contributed by atoms with Crippen molar-refractivity contribution >= 4 is 17.7 Å². The van der Waals surface area contributed by atoms with Gasteiger partial charge in [0.05, 0.1) is 11.4 Å². The largest absolute Gasteiger partial charge is 0.356 e. The van der Waals surface area contributed by atoms with Crippen LogP contribution in [-0.4, -0.2) is 27.8 Å². The van der Waals surface area contributed by atoms with Crippen molar-refractivity contribution in [3.05, 3.63) is 60.7 Å². The number of aromatic nitrogens is 2. The molecule has 2 aromatic carbocycles. The maximum Gasteiger partial charge on any atom is 0.222 e. The van der Waals surface area contributed by atoms with Crippen molar-refractivity contribution in [3.8, 4) is 22.5 Å². The highest BCUT2D eigenvalue weighted by Gasteiger charge is 2.19. The molecular weight excluding hydrogens is 402 g/mol. The molecule has 5 heteroatoms. The van der Waals surface area contributed by atoms with Crippen LogP contribution in [0.2, 0.25) is 0 Å². The van der Waals surface area contributed by atoms with Crippen LogP contribution in [0.1, 0.15) is 40.0 Å².